The summed E-state index contributed by atoms with van der Waals surface area (Å²) in [6.07, 6.45) is 1.55. The molecule has 8 heteroatoms. The Bertz CT molecular complexity index is 709. The lowest BCUT2D eigenvalue weighted by Crippen LogP contribution is -2.14. The third-order valence-electron chi connectivity index (χ3n) is 3.17. The zero-order valence-corrected chi connectivity index (χ0v) is 12.5. The van der Waals surface area contributed by atoms with Gasteiger partial charge in [0.2, 0.25) is 5.89 Å². The van der Waals surface area contributed by atoms with E-state index in [0.717, 1.165) is 11.8 Å². The maximum Gasteiger partial charge on any atom is 0.243 e. The average Bonchev–Trinajstić information content (AvgIpc) is 2.89. The molecule has 0 amide bonds. The molecule has 0 aliphatic carbocycles. The maximum absolute atomic E-state index is 11.5. The Hall–Kier alpha value is -1.93. The van der Waals surface area contributed by atoms with Crippen molar-refractivity contribution in [3.05, 3.63) is 41.5 Å². The van der Waals surface area contributed by atoms with Crippen molar-refractivity contribution in [3.8, 4) is 5.75 Å². The fourth-order valence-electron chi connectivity index (χ4n) is 1.73. The van der Waals surface area contributed by atoms with E-state index in [1.807, 2.05) is 0 Å². The second-order valence-corrected chi connectivity index (χ2v) is 7.31. The molecule has 2 aromatic rings. The Kier molecular flexibility index (Phi) is 4.29. The molecule has 7 nitrogen and oxygen atoms in total. The minimum Gasteiger partial charge on any atom is -0.508 e. The monoisotopic (exact) mass is 311 g/mol. The highest BCUT2D eigenvalue weighted by atomic mass is 32.2. The van der Waals surface area contributed by atoms with Crippen LogP contribution < -0.4 is 5.73 Å². The van der Waals surface area contributed by atoms with E-state index in [1.165, 1.54) is 6.92 Å². The van der Waals surface area contributed by atoms with Gasteiger partial charge in [-0.25, -0.2) is 8.42 Å². The molecule has 0 aliphatic heterocycles. The van der Waals surface area contributed by atoms with E-state index < -0.39 is 21.1 Å². The molecule has 3 N–H and O–H groups in total. The van der Waals surface area contributed by atoms with Crippen molar-refractivity contribution in [2.24, 2.45) is 5.73 Å². The number of aromatic nitrogens is 2. The van der Waals surface area contributed by atoms with Crippen molar-refractivity contribution in [2.75, 3.05) is 6.26 Å². The largest absolute Gasteiger partial charge is 0.508 e. The van der Waals surface area contributed by atoms with Gasteiger partial charge in [0.25, 0.3) is 0 Å². The van der Waals surface area contributed by atoms with E-state index in [0.29, 0.717) is 6.42 Å². The van der Waals surface area contributed by atoms with Crippen LogP contribution in [0.2, 0.25) is 0 Å². The third kappa shape index (κ3) is 3.79. The van der Waals surface area contributed by atoms with Gasteiger partial charge in [-0.2, -0.15) is 4.98 Å². The van der Waals surface area contributed by atoms with Gasteiger partial charge in [0, 0.05) is 6.26 Å². The molecule has 0 fully saturated rings. The Morgan fingerprint density at radius 2 is 1.95 bits per heavy atom. The summed E-state index contributed by atoms with van der Waals surface area (Å²) in [6, 6.07) is 6.07. The fourth-order valence-corrected chi connectivity index (χ4v) is 2.21. The molecular formula is C13H17N3O4S. The first kappa shape index (κ1) is 15.5. The van der Waals surface area contributed by atoms with E-state index in [9.17, 15) is 13.5 Å². The summed E-state index contributed by atoms with van der Waals surface area (Å²) < 4.78 is 28.0. The van der Waals surface area contributed by atoms with Gasteiger partial charge in [0.15, 0.2) is 15.7 Å². The lowest BCUT2D eigenvalue weighted by Gasteiger charge is -2.07. The Labute approximate surface area is 122 Å². The quantitative estimate of drug-likeness (QED) is 0.849. The number of hydrogen-bond donors (Lipinski definition) is 2. The summed E-state index contributed by atoms with van der Waals surface area (Å²) in [5.41, 5.74) is 6.88. The van der Waals surface area contributed by atoms with Crippen LogP contribution in [0.4, 0.5) is 0 Å². The normalized spacial score (nSPS) is 14.8. The van der Waals surface area contributed by atoms with Gasteiger partial charge < -0.3 is 15.4 Å². The molecule has 1 aromatic heterocycles. The molecule has 0 saturated carbocycles. The summed E-state index contributed by atoms with van der Waals surface area (Å²) in [7, 11) is -3.29. The van der Waals surface area contributed by atoms with Crippen molar-refractivity contribution < 1.29 is 18.0 Å². The molecule has 1 aromatic carbocycles. The van der Waals surface area contributed by atoms with Crippen LogP contribution in [-0.2, 0) is 16.3 Å². The number of rotatable bonds is 5. The molecule has 114 valence electrons. The van der Waals surface area contributed by atoms with Crippen molar-refractivity contribution in [1.82, 2.24) is 10.1 Å². The van der Waals surface area contributed by atoms with Gasteiger partial charge in [0.1, 0.15) is 11.0 Å². The van der Waals surface area contributed by atoms with E-state index in [1.54, 1.807) is 24.3 Å². The second-order valence-electron chi connectivity index (χ2n) is 4.94. The van der Waals surface area contributed by atoms with E-state index in [4.69, 9.17) is 10.3 Å². The zero-order chi connectivity index (χ0) is 15.6. The predicted molar refractivity (Wildman–Crippen MR) is 76.3 cm³/mol. The highest BCUT2D eigenvalue weighted by Gasteiger charge is 2.24. The summed E-state index contributed by atoms with van der Waals surface area (Å²) in [5, 5.41) is 12.1. The topological polar surface area (TPSA) is 119 Å². The Balaban J connectivity index is 2.12. The minimum absolute atomic E-state index is 0.105. The van der Waals surface area contributed by atoms with Gasteiger partial charge in [-0.1, -0.05) is 17.3 Å². The number of sulfone groups is 1. The third-order valence-corrected chi connectivity index (χ3v) is 4.67. The lowest BCUT2D eigenvalue weighted by atomic mass is 10.1. The van der Waals surface area contributed by atoms with Crippen LogP contribution in [0.5, 0.6) is 5.75 Å². The smallest absolute Gasteiger partial charge is 0.243 e. The molecule has 0 spiro atoms. The number of nitrogens with two attached hydrogens (primary N) is 1. The van der Waals surface area contributed by atoms with E-state index >= 15 is 0 Å². The number of phenolic OH excluding ortho intramolecular Hbond substituents is 1. The van der Waals surface area contributed by atoms with Crippen molar-refractivity contribution >= 4 is 9.84 Å². The van der Waals surface area contributed by atoms with Gasteiger partial charge in [-0.05, 0) is 31.0 Å². The van der Waals surface area contributed by atoms with Gasteiger partial charge in [0.05, 0.1) is 6.04 Å². The van der Waals surface area contributed by atoms with Gasteiger partial charge in [-0.15, -0.1) is 0 Å². The first-order valence-electron chi connectivity index (χ1n) is 6.33. The molecule has 1 heterocycles. The van der Waals surface area contributed by atoms with Crippen LogP contribution in [0.25, 0.3) is 0 Å². The fraction of sp³-hybridized carbons (Fsp3) is 0.385. The van der Waals surface area contributed by atoms with E-state index in [2.05, 4.69) is 10.1 Å². The first-order chi connectivity index (χ1) is 9.77. The van der Waals surface area contributed by atoms with Crippen LogP contribution in [-0.4, -0.2) is 29.9 Å². The second kappa shape index (κ2) is 5.82. The van der Waals surface area contributed by atoms with Crippen molar-refractivity contribution in [2.45, 2.75) is 24.6 Å². The van der Waals surface area contributed by atoms with Crippen LogP contribution in [0, 0.1) is 0 Å². The predicted octanol–water partition coefficient (Wildman–Crippen LogP) is 1.12. The van der Waals surface area contributed by atoms with Crippen LogP contribution in [0.1, 0.15) is 35.5 Å². The molecule has 0 saturated heterocycles. The number of phenols is 1. The minimum atomic E-state index is -3.29. The van der Waals surface area contributed by atoms with E-state index in [-0.39, 0.29) is 17.5 Å². The molecular weight excluding hydrogens is 294 g/mol. The zero-order valence-electron chi connectivity index (χ0n) is 11.7. The van der Waals surface area contributed by atoms with Crippen molar-refractivity contribution in [1.29, 1.82) is 0 Å². The first-order valence-corrected chi connectivity index (χ1v) is 8.28. The molecule has 2 rings (SSSR count). The maximum atomic E-state index is 11.5. The van der Waals surface area contributed by atoms with Crippen LogP contribution in [0.3, 0.4) is 0 Å². The molecule has 2 atom stereocenters. The molecule has 0 radical (unpaired) electrons. The molecule has 21 heavy (non-hydrogen) atoms. The number of aromatic hydroxyl groups is 1. The molecule has 0 bridgehead atoms. The number of benzene rings is 1. The average molecular weight is 311 g/mol. The Morgan fingerprint density at radius 3 is 2.52 bits per heavy atom. The molecule has 0 aliphatic rings. The summed E-state index contributed by atoms with van der Waals surface area (Å²) in [5.74, 6) is 0.469. The van der Waals surface area contributed by atoms with Crippen LogP contribution in [0.15, 0.2) is 28.8 Å². The SMILES string of the molecule is CC(c1noc([C@H](N)Cc2ccc(O)cc2)n1)S(C)(=O)=O. The standard InChI is InChI=1S/C13H17N3O4S/c1-8(21(2,18)19)12-15-13(20-16-12)11(14)7-9-3-5-10(17)6-4-9/h3-6,8,11,17H,7,14H2,1-2H3/t8?,11-/m1/s1. The number of nitrogens with zero attached hydrogens (tertiary/aromatic N) is 2. The van der Waals surface area contributed by atoms with Crippen molar-refractivity contribution in [3.63, 3.8) is 0 Å². The summed E-state index contributed by atoms with van der Waals surface area (Å²) in [6.45, 7) is 1.50. The highest BCUT2D eigenvalue weighted by Crippen LogP contribution is 2.21. The molecule has 1 unspecified atom stereocenters. The van der Waals surface area contributed by atoms with Crippen LogP contribution >= 0.6 is 0 Å². The summed E-state index contributed by atoms with van der Waals surface area (Å²) >= 11 is 0. The number of hydrogen-bond acceptors (Lipinski definition) is 7. The Morgan fingerprint density at radius 1 is 1.33 bits per heavy atom. The van der Waals surface area contributed by atoms with Gasteiger partial charge in [-0.3, -0.25) is 0 Å². The highest BCUT2D eigenvalue weighted by molar-refractivity contribution is 7.90. The summed E-state index contributed by atoms with van der Waals surface area (Å²) in [4.78, 5) is 4.06. The van der Waals surface area contributed by atoms with Gasteiger partial charge >= 0.3 is 0 Å². The lowest BCUT2D eigenvalue weighted by molar-refractivity contribution is 0.350.